The number of pyridine rings is 1. The van der Waals surface area contributed by atoms with Crippen LogP contribution in [0.15, 0.2) is 48.2 Å². The molecule has 34 heavy (non-hydrogen) atoms. The molecule has 0 bridgehead atoms. The van der Waals surface area contributed by atoms with Crippen molar-refractivity contribution in [2.45, 2.75) is 29.5 Å². The number of ether oxygens (including phenoxy) is 1. The van der Waals surface area contributed by atoms with E-state index < -0.39 is 56.2 Å². The number of nitrogens with zero attached hydrogens (tertiary/aromatic N) is 2. The van der Waals surface area contributed by atoms with Crippen LogP contribution in [0.3, 0.4) is 0 Å². The lowest BCUT2D eigenvalue weighted by Gasteiger charge is -2.40. The minimum atomic E-state index is -4.37. The van der Waals surface area contributed by atoms with E-state index >= 15 is 0 Å². The Labute approximate surface area is 193 Å². The number of amides is 1. The highest BCUT2D eigenvalue weighted by Crippen LogP contribution is 2.49. The molecular formula is C22H19N2O9S-. The summed E-state index contributed by atoms with van der Waals surface area (Å²) < 4.78 is 29.7. The number of hydrogen-bond acceptors (Lipinski definition) is 10. The third-order valence-corrected chi connectivity index (χ3v) is 8.63. The summed E-state index contributed by atoms with van der Waals surface area (Å²) in [5.74, 6) is -4.32. The first-order valence-electron chi connectivity index (χ1n) is 10.0. The molecule has 0 radical (unpaired) electrons. The molecule has 1 amide bonds. The zero-order valence-corrected chi connectivity index (χ0v) is 18.6. The number of aliphatic carboxylic acids is 1. The number of phenolic OH excluding ortho intramolecular Hbond substituents is 2. The number of aromatic nitrogens is 1. The fraction of sp³-hybridized carbons (Fsp3) is 0.273. The molecule has 0 saturated carbocycles. The lowest BCUT2D eigenvalue weighted by atomic mass is 9.94. The normalized spacial score (nSPS) is 26.1. The number of aromatic hydroxyl groups is 2. The molecule has 12 heteroatoms. The van der Waals surface area contributed by atoms with Crippen molar-refractivity contribution in [1.82, 2.24) is 9.88 Å². The molecule has 2 aromatic rings. The summed E-state index contributed by atoms with van der Waals surface area (Å²) in [7, 11) is -4.37. The highest BCUT2D eigenvalue weighted by molar-refractivity contribution is 7.94. The predicted octanol–water partition coefficient (Wildman–Crippen LogP) is -0.864. The molecule has 0 unspecified atom stereocenters. The van der Waals surface area contributed by atoms with Crippen molar-refractivity contribution < 1.29 is 42.9 Å². The van der Waals surface area contributed by atoms with Gasteiger partial charge in [-0.3, -0.25) is 14.6 Å². The number of carbonyl (C=O) groups is 3. The minimum Gasteiger partial charge on any atom is -0.548 e. The molecule has 1 aromatic heterocycles. The van der Waals surface area contributed by atoms with E-state index in [2.05, 4.69) is 4.98 Å². The molecule has 1 aromatic carbocycles. The number of esters is 1. The number of carbonyl (C=O) groups excluding carboxylic acids is 3. The first-order valence-corrected chi connectivity index (χ1v) is 11.6. The van der Waals surface area contributed by atoms with Gasteiger partial charge in [0.15, 0.2) is 26.7 Å². The van der Waals surface area contributed by atoms with Gasteiger partial charge in [-0.05, 0) is 42.8 Å². The van der Waals surface area contributed by atoms with Gasteiger partial charge >= 0.3 is 5.97 Å². The Morgan fingerprint density at radius 2 is 1.97 bits per heavy atom. The smallest absolute Gasteiger partial charge is 0.310 e. The minimum absolute atomic E-state index is 0.139. The van der Waals surface area contributed by atoms with Gasteiger partial charge in [0.2, 0.25) is 0 Å². The Kier molecular flexibility index (Phi) is 5.56. The summed E-state index contributed by atoms with van der Waals surface area (Å²) in [5, 5.41) is 29.3. The Balaban J connectivity index is 1.59. The second kappa shape index (κ2) is 8.13. The zero-order chi connectivity index (χ0) is 24.8. The Morgan fingerprint density at radius 3 is 2.59 bits per heavy atom. The van der Waals surface area contributed by atoms with Crippen LogP contribution in [0.5, 0.6) is 11.5 Å². The third kappa shape index (κ3) is 3.55. The number of benzene rings is 1. The summed E-state index contributed by atoms with van der Waals surface area (Å²) in [6, 6.07) is 6.62. The van der Waals surface area contributed by atoms with Crippen molar-refractivity contribution in [3.63, 3.8) is 0 Å². The van der Waals surface area contributed by atoms with Gasteiger partial charge in [0.25, 0.3) is 5.91 Å². The second-order valence-electron chi connectivity index (χ2n) is 8.16. The van der Waals surface area contributed by atoms with Crippen LogP contribution < -0.4 is 5.11 Å². The molecule has 3 heterocycles. The monoisotopic (exact) mass is 487 g/mol. The quantitative estimate of drug-likeness (QED) is 0.226. The van der Waals surface area contributed by atoms with E-state index in [0.29, 0.717) is 10.6 Å². The molecule has 0 aliphatic carbocycles. The summed E-state index contributed by atoms with van der Waals surface area (Å²) in [6.45, 7) is 0.250. The van der Waals surface area contributed by atoms with Crippen LogP contribution in [0.4, 0.5) is 0 Å². The summed E-state index contributed by atoms with van der Waals surface area (Å²) in [6.07, 6.45) is 2.36. The van der Waals surface area contributed by atoms with Crippen LogP contribution in [0.25, 0.3) is 6.08 Å². The Bertz CT molecular complexity index is 1320. The molecule has 2 aliphatic rings. The number of phenols is 2. The van der Waals surface area contributed by atoms with Crippen LogP contribution in [-0.2, 0) is 35.4 Å². The van der Waals surface area contributed by atoms with Gasteiger partial charge < -0.3 is 29.8 Å². The van der Waals surface area contributed by atoms with Gasteiger partial charge in [-0.1, -0.05) is 12.1 Å². The highest BCUT2D eigenvalue weighted by Gasteiger charge is 2.70. The van der Waals surface area contributed by atoms with Crippen LogP contribution >= 0.6 is 0 Å². The highest BCUT2D eigenvalue weighted by atomic mass is 32.2. The van der Waals surface area contributed by atoms with E-state index in [-0.39, 0.29) is 23.3 Å². The first-order chi connectivity index (χ1) is 16.0. The fourth-order valence-electron chi connectivity index (χ4n) is 4.12. The van der Waals surface area contributed by atoms with Crippen LogP contribution in [-0.4, -0.2) is 69.1 Å². The second-order valence-corrected chi connectivity index (χ2v) is 10.6. The van der Waals surface area contributed by atoms with Crippen LogP contribution in [0.2, 0.25) is 0 Å². The van der Waals surface area contributed by atoms with Gasteiger partial charge in [0.1, 0.15) is 11.4 Å². The molecule has 4 rings (SSSR count). The van der Waals surface area contributed by atoms with Crippen molar-refractivity contribution in [1.29, 1.82) is 0 Å². The molecule has 0 spiro atoms. The summed E-state index contributed by atoms with van der Waals surface area (Å²) in [5.41, 5.74) is 0.457. The summed E-state index contributed by atoms with van der Waals surface area (Å²) in [4.78, 5) is 41.7. The van der Waals surface area contributed by atoms with E-state index in [1.54, 1.807) is 18.2 Å². The van der Waals surface area contributed by atoms with Crippen molar-refractivity contribution in [2.24, 2.45) is 0 Å². The average molecular weight is 487 g/mol. The van der Waals surface area contributed by atoms with E-state index in [0.717, 1.165) is 13.0 Å². The average Bonchev–Trinajstić information content (AvgIpc) is 2.95. The summed E-state index contributed by atoms with van der Waals surface area (Å²) >= 11 is 0. The molecular weight excluding hydrogens is 468 g/mol. The van der Waals surface area contributed by atoms with Crippen molar-refractivity contribution in [3.8, 4) is 11.5 Å². The van der Waals surface area contributed by atoms with E-state index in [1.807, 2.05) is 0 Å². The van der Waals surface area contributed by atoms with E-state index in [1.165, 1.54) is 24.4 Å². The van der Waals surface area contributed by atoms with Crippen molar-refractivity contribution in [3.05, 3.63) is 59.4 Å². The van der Waals surface area contributed by atoms with Gasteiger partial charge in [-0.15, -0.1) is 0 Å². The van der Waals surface area contributed by atoms with Crippen molar-refractivity contribution in [2.75, 3.05) is 6.61 Å². The topological polar surface area (TPSA) is 174 Å². The van der Waals surface area contributed by atoms with Gasteiger partial charge in [-0.2, -0.15) is 0 Å². The largest absolute Gasteiger partial charge is 0.548 e. The van der Waals surface area contributed by atoms with Gasteiger partial charge in [0, 0.05) is 6.20 Å². The van der Waals surface area contributed by atoms with Crippen molar-refractivity contribution >= 4 is 33.8 Å². The molecule has 2 fully saturated rings. The van der Waals surface area contributed by atoms with E-state index in [9.17, 15) is 38.1 Å². The maximum atomic E-state index is 13.4. The maximum Gasteiger partial charge on any atom is 0.310 e. The van der Waals surface area contributed by atoms with Crippen LogP contribution in [0.1, 0.15) is 18.2 Å². The molecule has 2 N–H and O–H groups in total. The number of sulfone groups is 1. The Hall–Kier alpha value is -3.93. The molecule has 2 saturated heterocycles. The van der Waals surface area contributed by atoms with Gasteiger partial charge in [-0.25, -0.2) is 8.42 Å². The number of fused-ring (bicyclic) bond motifs is 1. The number of hydrogen-bond donors (Lipinski definition) is 2. The molecule has 178 valence electrons. The standard InChI is InChI=1S/C22H20N2O9S/c1-22(11-33-17(27)9-12-5-6-15(25)16(26)8-12)18(21(29)30)24-19(28)14(20(24)34(22,31)32)10-13-4-2-3-7-23-13/h2-8,10,18,20,25-26H,9,11H2,1H3,(H,29,30)/p-1/b14-10-/t18-,20+,22-/m0/s1. The number of carboxylic acids is 1. The molecule has 2 aliphatic heterocycles. The Morgan fingerprint density at radius 1 is 1.24 bits per heavy atom. The van der Waals surface area contributed by atoms with Gasteiger partial charge in [0.05, 0.1) is 29.7 Å². The number of β-lactam (4-membered cyclic amide) rings is 1. The van der Waals surface area contributed by atoms with E-state index in [4.69, 9.17) is 4.74 Å². The number of carboxylic acid groups (broad SMARTS) is 1. The lowest BCUT2D eigenvalue weighted by Crippen LogP contribution is -2.62. The number of rotatable bonds is 6. The predicted molar refractivity (Wildman–Crippen MR) is 113 cm³/mol. The lowest BCUT2D eigenvalue weighted by molar-refractivity contribution is -0.312. The molecule has 11 nitrogen and oxygen atoms in total. The first kappa shape index (κ1) is 23.2. The SMILES string of the molecule is C[C@]1(COC(=O)Cc2ccc(O)c(O)c2)[C@H](C(=O)[O-])N2C(=O)/C(=C/c3ccccn3)[C@H]2S1(=O)=O. The van der Waals surface area contributed by atoms with Crippen LogP contribution in [0, 0.1) is 0 Å². The zero-order valence-electron chi connectivity index (χ0n) is 17.7. The fourth-order valence-corrected chi connectivity index (χ4v) is 6.39. The molecule has 3 atom stereocenters. The maximum absolute atomic E-state index is 13.4. The third-order valence-electron chi connectivity index (χ3n) is 5.92.